The van der Waals surface area contributed by atoms with Crippen LogP contribution in [0.4, 0.5) is 11.5 Å². The van der Waals surface area contributed by atoms with Crippen LogP contribution < -0.4 is 9.03 Å². The largest absolute Gasteiger partial charge is 0.363 e. The van der Waals surface area contributed by atoms with Crippen molar-refractivity contribution in [1.29, 1.82) is 0 Å². The summed E-state index contributed by atoms with van der Waals surface area (Å²) < 4.78 is 37.7. The Morgan fingerprint density at radius 1 is 1.00 bits per heavy atom. The predicted octanol–water partition coefficient (Wildman–Crippen LogP) is 4.23. The molecule has 0 saturated heterocycles. The Bertz CT molecular complexity index is 1480. The maximum Gasteiger partial charge on any atom is 0.243 e. The van der Waals surface area contributed by atoms with Crippen molar-refractivity contribution in [2.24, 2.45) is 0 Å². The summed E-state index contributed by atoms with van der Waals surface area (Å²) in [7, 11) is -5.53. The second kappa shape index (κ2) is 9.47. The molecule has 1 N–H and O–H groups in total. The lowest BCUT2D eigenvalue weighted by atomic mass is 10.0. The minimum Gasteiger partial charge on any atom is -0.363 e. The van der Waals surface area contributed by atoms with Crippen LogP contribution in [0.1, 0.15) is 24.2 Å². The molecule has 2 atom stereocenters. The molecular weight excluding hydrogens is 470 g/mol. The molecule has 0 aliphatic heterocycles. The molecule has 2 aromatic carbocycles. The number of fused-ring (bicyclic) bond motifs is 1. The highest BCUT2D eigenvalue weighted by atomic mass is 32.3. The molecule has 0 aliphatic rings. The summed E-state index contributed by atoms with van der Waals surface area (Å²) in [6, 6.07) is 17.5. The van der Waals surface area contributed by atoms with Gasteiger partial charge in [0.05, 0.1) is 23.2 Å². The number of hydrogen-bond donors (Lipinski definition) is 1. The summed E-state index contributed by atoms with van der Waals surface area (Å²) in [6.07, 6.45) is 5.54. The minimum absolute atomic E-state index is 0.0263. The van der Waals surface area contributed by atoms with Crippen molar-refractivity contribution < 1.29 is 12.6 Å². The Balaban J connectivity index is 1.78. The van der Waals surface area contributed by atoms with Gasteiger partial charge in [0.25, 0.3) is 0 Å². The number of aryl methyl sites for hydroxylation is 1. The van der Waals surface area contributed by atoms with E-state index in [9.17, 15) is 12.6 Å². The van der Waals surface area contributed by atoms with Gasteiger partial charge in [-0.05, 0) is 43.2 Å². The van der Waals surface area contributed by atoms with E-state index in [2.05, 4.69) is 39.3 Å². The van der Waals surface area contributed by atoms with Crippen LogP contribution in [0.5, 0.6) is 0 Å². The zero-order valence-electron chi connectivity index (χ0n) is 19.3. The molecule has 4 aromatic rings. The third-order valence-electron chi connectivity index (χ3n) is 5.41. The number of nitrogens with one attached hydrogen (secondary N) is 1. The van der Waals surface area contributed by atoms with Crippen molar-refractivity contribution >= 4 is 43.4 Å². The van der Waals surface area contributed by atoms with Crippen LogP contribution in [0, 0.1) is 6.92 Å². The summed E-state index contributed by atoms with van der Waals surface area (Å²) in [5, 5.41) is 4.28. The van der Waals surface area contributed by atoms with Gasteiger partial charge in [-0.15, -0.1) is 0 Å². The maximum atomic E-state index is 12.3. The molecule has 4 rings (SSSR count). The monoisotopic (exact) mass is 495 g/mol. The number of anilines is 2. The fraction of sp³-hybridized carbons (Fsp3) is 0.208. The second-order valence-corrected chi connectivity index (χ2v) is 11.2. The van der Waals surface area contributed by atoms with E-state index in [-0.39, 0.29) is 11.7 Å². The summed E-state index contributed by atoms with van der Waals surface area (Å²) in [4.78, 5) is 13.2. The zero-order valence-corrected chi connectivity index (χ0v) is 20.9. The maximum absolute atomic E-state index is 12.3. The Kier molecular flexibility index (Phi) is 6.63. The number of pyridine rings is 1. The van der Waals surface area contributed by atoms with Gasteiger partial charge in [0.1, 0.15) is 23.1 Å². The minimum atomic E-state index is -3.76. The van der Waals surface area contributed by atoms with E-state index < -0.39 is 21.0 Å². The van der Waals surface area contributed by atoms with E-state index in [0.29, 0.717) is 17.1 Å². The summed E-state index contributed by atoms with van der Waals surface area (Å²) in [6.45, 7) is 3.75. The van der Waals surface area contributed by atoms with Crippen LogP contribution in [-0.2, 0) is 21.0 Å². The Hall–Kier alpha value is -3.37. The highest BCUT2D eigenvalue weighted by molar-refractivity contribution is 8.06. The third-order valence-corrected chi connectivity index (χ3v) is 8.32. The van der Waals surface area contributed by atoms with E-state index >= 15 is 0 Å². The number of rotatable bonds is 7. The molecule has 8 nitrogen and oxygen atoms in total. The highest BCUT2D eigenvalue weighted by Gasteiger charge is 2.24. The van der Waals surface area contributed by atoms with Crippen LogP contribution in [0.25, 0.3) is 22.0 Å². The van der Waals surface area contributed by atoms with Gasteiger partial charge in [-0.1, -0.05) is 36.4 Å². The average molecular weight is 496 g/mol. The predicted molar refractivity (Wildman–Crippen MR) is 137 cm³/mol. The Labute approximate surface area is 201 Å². The van der Waals surface area contributed by atoms with Gasteiger partial charge in [0.2, 0.25) is 10.0 Å². The van der Waals surface area contributed by atoms with Crippen molar-refractivity contribution in [3.63, 3.8) is 0 Å². The van der Waals surface area contributed by atoms with Crippen LogP contribution in [0.2, 0.25) is 0 Å². The normalized spacial score (nSPS) is 13.4. The molecule has 0 radical (unpaired) electrons. The van der Waals surface area contributed by atoms with Crippen LogP contribution in [-0.4, -0.2) is 40.1 Å². The van der Waals surface area contributed by atoms with Crippen molar-refractivity contribution in [2.75, 3.05) is 21.5 Å². The first-order chi connectivity index (χ1) is 16.1. The zero-order chi connectivity index (χ0) is 24.5. The number of benzene rings is 2. The van der Waals surface area contributed by atoms with E-state index in [1.807, 2.05) is 36.4 Å². The van der Waals surface area contributed by atoms with E-state index in [4.69, 9.17) is 0 Å². The van der Waals surface area contributed by atoms with Gasteiger partial charge in [-0.3, -0.25) is 4.98 Å². The average Bonchev–Trinajstić information content (AvgIpc) is 2.80. The fourth-order valence-electron chi connectivity index (χ4n) is 3.75. The Morgan fingerprint density at radius 2 is 1.74 bits per heavy atom. The lowest BCUT2D eigenvalue weighted by molar-refractivity contribution is 0.603. The first-order valence-electron chi connectivity index (χ1n) is 10.5. The lowest BCUT2D eigenvalue weighted by Gasteiger charge is -2.21. The smallest absolute Gasteiger partial charge is 0.243 e. The molecule has 0 spiro atoms. The SMILES string of the molecule is Cc1ncc(-c2ccc3ncnc(NC(C)c4ccccc4)c3c2)cc1N(S(C)=O)S(C)(=O)=O. The summed E-state index contributed by atoms with van der Waals surface area (Å²) >= 11 is 0. The number of hydrogen-bond acceptors (Lipinski definition) is 7. The molecule has 0 fully saturated rings. The first kappa shape index (κ1) is 23.8. The molecule has 0 amide bonds. The van der Waals surface area contributed by atoms with Gasteiger partial charge >= 0.3 is 0 Å². The molecule has 2 aromatic heterocycles. The van der Waals surface area contributed by atoms with Gasteiger partial charge in [0, 0.05) is 29.4 Å². The van der Waals surface area contributed by atoms with Gasteiger partial charge in [0.15, 0.2) is 0 Å². The fourth-order valence-corrected chi connectivity index (χ4v) is 6.28. The molecule has 176 valence electrons. The van der Waals surface area contributed by atoms with Gasteiger partial charge < -0.3 is 5.32 Å². The number of sulfonamides is 1. The Morgan fingerprint density at radius 3 is 2.41 bits per heavy atom. The van der Waals surface area contributed by atoms with Crippen molar-refractivity contribution in [3.8, 4) is 11.1 Å². The van der Waals surface area contributed by atoms with Crippen LogP contribution in [0.15, 0.2) is 67.1 Å². The van der Waals surface area contributed by atoms with Gasteiger partial charge in [-0.2, -0.15) is 3.71 Å². The summed E-state index contributed by atoms with van der Waals surface area (Å²) in [5.41, 5.74) is 4.14. The molecule has 10 heteroatoms. The molecule has 0 aliphatic carbocycles. The first-order valence-corrected chi connectivity index (χ1v) is 13.9. The molecule has 0 saturated carbocycles. The number of aromatic nitrogens is 3. The van der Waals surface area contributed by atoms with Crippen LogP contribution >= 0.6 is 0 Å². The van der Waals surface area contributed by atoms with E-state index in [1.54, 1.807) is 19.2 Å². The van der Waals surface area contributed by atoms with Crippen LogP contribution in [0.3, 0.4) is 0 Å². The van der Waals surface area contributed by atoms with Gasteiger partial charge in [-0.25, -0.2) is 22.6 Å². The molecule has 2 heterocycles. The summed E-state index contributed by atoms with van der Waals surface area (Å²) in [5.74, 6) is 0.691. The molecule has 34 heavy (non-hydrogen) atoms. The second-order valence-electron chi connectivity index (χ2n) is 7.97. The van der Waals surface area contributed by atoms with E-state index in [1.165, 1.54) is 12.6 Å². The van der Waals surface area contributed by atoms with E-state index in [0.717, 1.165) is 32.0 Å². The molecule has 2 unspecified atom stereocenters. The number of nitrogens with zero attached hydrogens (tertiary/aromatic N) is 4. The topological polar surface area (TPSA) is 105 Å². The molecule has 0 bridgehead atoms. The third kappa shape index (κ3) is 4.92. The quantitative estimate of drug-likeness (QED) is 0.409. The lowest BCUT2D eigenvalue weighted by Crippen LogP contribution is -2.31. The highest BCUT2D eigenvalue weighted by Crippen LogP contribution is 2.32. The van der Waals surface area contributed by atoms with Crippen molar-refractivity contribution in [2.45, 2.75) is 19.9 Å². The van der Waals surface area contributed by atoms with Crippen molar-refractivity contribution in [3.05, 3.63) is 78.4 Å². The van der Waals surface area contributed by atoms with Crippen molar-refractivity contribution in [1.82, 2.24) is 15.0 Å². The molecular formula is C24H25N5O3S2. The standard InChI is InChI=1S/C24H25N5O3S2/c1-16(18-8-6-5-7-9-18)28-24-21-12-19(10-11-22(21)26-15-27-24)20-13-23(17(2)25-14-20)29(33(3)30)34(4,31)32/h5-16H,1-4H3,(H,26,27,28).